The predicted octanol–water partition coefficient (Wildman–Crippen LogP) is -0.874. The first-order chi connectivity index (χ1) is 4.95. The number of nitrogens with two attached hydrogens (primary N) is 2. The molecule has 0 heterocycles. The Morgan fingerprint density at radius 1 is 1.73 bits per heavy atom. The fourth-order valence-corrected chi connectivity index (χ4v) is 0.725. The fraction of sp³-hybridized carbons (Fsp3) is 0.571. The van der Waals surface area contributed by atoms with Gasteiger partial charge in [-0.2, -0.15) is 0 Å². The second-order valence-corrected chi connectivity index (χ2v) is 2.67. The molecule has 0 aromatic carbocycles. The van der Waals surface area contributed by atoms with Gasteiger partial charge < -0.3 is 16.6 Å². The Balaban J connectivity index is 3.92. The third-order valence-electron chi connectivity index (χ3n) is 1.28. The van der Waals surface area contributed by atoms with Gasteiger partial charge in [-0.05, 0) is 13.3 Å². The van der Waals surface area contributed by atoms with Crippen molar-refractivity contribution >= 4 is 5.91 Å². The van der Waals surface area contributed by atoms with Crippen molar-refractivity contribution in [2.45, 2.75) is 25.5 Å². The third-order valence-corrected chi connectivity index (χ3v) is 1.28. The molecule has 0 saturated heterocycles. The molecule has 0 aromatic heterocycles. The molecule has 5 N–H and O–H groups in total. The molecule has 0 saturated carbocycles. The van der Waals surface area contributed by atoms with Crippen LogP contribution in [0.3, 0.4) is 0 Å². The third kappa shape index (κ3) is 3.75. The summed E-state index contributed by atoms with van der Waals surface area (Å²) in [4.78, 5) is 10.4. The number of aliphatic hydroxyl groups excluding tert-OH is 1. The maximum Gasteiger partial charge on any atom is 0.247 e. The normalized spacial score (nSPS) is 15.5. The lowest BCUT2D eigenvalue weighted by Gasteiger charge is -2.14. The van der Waals surface area contributed by atoms with Crippen molar-refractivity contribution in [3.05, 3.63) is 12.2 Å². The highest BCUT2D eigenvalue weighted by Crippen LogP contribution is 2.02. The average molecular weight is 158 g/mol. The van der Waals surface area contributed by atoms with E-state index in [1.165, 1.54) is 0 Å². The van der Waals surface area contributed by atoms with Crippen LogP contribution >= 0.6 is 0 Å². The minimum Gasteiger partial charge on any atom is -0.382 e. The Hall–Kier alpha value is -0.870. The van der Waals surface area contributed by atoms with Gasteiger partial charge in [0.15, 0.2) is 0 Å². The summed E-state index contributed by atoms with van der Waals surface area (Å²) in [5.74, 6) is -0.793. The second kappa shape index (κ2) is 4.10. The molecule has 0 bridgehead atoms. The van der Waals surface area contributed by atoms with Crippen LogP contribution in [-0.2, 0) is 4.79 Å². The highest BCUT2D eigenvalue weighted by Gasteiger charge is 2.19. The van der Waals surface area contributed by atoms with Gasteiger partial charge in [0, 0.05) is 6.04 Å². The molecule has 0 fully saturated rings. The molecule has 0 aliphatic rings. The summed E-state index contributed by atoms with van der Waals surface area (Å²) in [5, 5.41) is 9.00. The van der Waals surface area contributed by atoms with Crippen LogP contribution in [0.15, 0.2) is 12.2 Å². The molecule has 11 heavy (non-hydrogen) atoms. The van der Waals surface area contributed by atoms with Crippen LogP contribution in [0.4, 0.5) is 0 Å². The first-order valence-corrected chi connectivity index (χ1v) is 3.32. The van der Waals surface area contributed by atoms with Crippen molar-refractivity contribution in [2.24, 2.45) is 11.5 Å². The van der Waals surface area contributed by atoms with Crippen molar-refractivity contribution in [1.82, 2.24) is 0 Å². The zero-order chi connectivity index (χ0) is 9.02. The maximum atomic E-state index is 10.4. The Labute approximate surface area is 65.9 Å². The molecule has 0 aliphatic carbocycles. The maximum absolute atomic E-state index is 10.4. The first kappa shape index (κ1) is 10.1. The van der Waals surface area contributed by atoms with Crippen LogP contribution in [0.2, 0.25) is 0 Å². The summed E-state index contributed by atoms with van der Waals surface area (Å²) in [7, 11) is 0. The van der Waals surface area contributed by atoms with Gasteiger partial charge in [-0.25, -0.2) is 0 Å². The van der Waals surface area contributed by atoms with Crippen LogP contribution in [0.5, 0.6) is 0 Å². The number of hydrogen-bond acceptors (Lipinski definition) is 3. The quantitative estimate of drug-likeness (QED) is 0.464. The van der Waals surface area contributed by atoms with E-state index in [0.717, 1.165) is 5.57 Å². The Bertz CT molecular complexity index is 168. The van der Waals surface area contributed by atoms with Crippen molar-refractivity contribution < 1.29 is 9.90 Å². The van der Waals surface area contributed by atoms with Gasteiger partial charge in [0.05, 0.1) is 0 Å². The van der Waals surface area contributed by atoms with E-state index in [1.54, 1.807) is 6.92 Å². The molecule has 2 unspecified atom stereocenters. The number of hydrogen-bond donors (Lipinski definition) is 3. The lowest BCUT2D eigenvalue weighted by atomic mass is 10.0. The molecule has 0 spiro atoms. The fourth-order valence-electron chi connectivity index (χ4n) is 0.725. The van der Waals surface area contributed by atoms with Gasteiger partial charge in [0.2, 0.25) is 5.91 Å². The molecule has 1 amide bonds. The first-order valence-electron chi connectivity index (χ1n) is 3.32. The summed E-state index contributed by atoms with van der Waals surface area (Å²) in [6.07, 6.45) is -0.865. The summed E-state index contributed by atoms with van der Waals surface area (Å²) >= 11 is 0. The lowest BCUT2D eigenvalue weighted by Crippen LogP contribution is -2.44. The van der Waals surface area contributed by atoms with Crippen LogP contribution < -0.4 is 11.5 Å². The summed E-state index contributed by atoms with van der Waals surface area (Å²) in [6, 6.07) is -0.634. The molecule has 0 aromatic rings. The standard InChI is InChI=1S/C7H14N2O2/c1-4(2)3-5(8)6(10)7(9)11/h5-6,10H,1,3,8H2,2H3,(H2,9,11). The van der Waals surface area contributed by atoms with Gasteiger partial charge in [-0.3, -0.25) is 4.79 Å². The molecule has 4 nitrogen and oxygen atoms in total. The molecule has 0 aliphatic heterocycles. The minimum absolute atomic E-state index is 0.407. The zero-order valence-electron chi connectivity index (χ0n) is 6.58. The Morgan fingerprint density at radius 2 is 2.18 bits per heavy atom. The highest BCUT2D eigenvalue weighted by molar-refractivity contribution is 5.79. The van der Waals surface area contributed by atoms with Gasteiger partial charge in [-0.1, -0.05) is 5.57 Å². The summed E-state index contributed by atoms with van der Waals surface area (Å²) in [5.41, 5.74) is 11.0. The molecule has 2 atom stereocenters. The van der Waals surface area contributed by atoms with Crippen molar-refractivity contribution in [3.8, 4) is 0 Å². The monoisotopic (exact) mass is 158 g/mol. The van der Waals surface area contributed by atoms with Crippen LogP contribution in [-0.4, -0.2) is 23.2 Å². The van der Waals surface area contributed by atoms with E-state index in [-0.39, 0.29) is 0 Å². The van der Waals surface area contributed by atoms with E-state index in [4.69, 9.17) is 16.6 Å². The number of rotatable bonds is 4. The smallest absolute Gasteiger partial charge is 0.247 e. The van der Waals surface area contributed by atoms with E-state index in [0.29, 0.717) is 6.42 Å². The molecule has 64 valence electrons. The van der Waals surface area contributed by atoms with E-state index in [2.05, 4.69) is 6.58 Å². The van der Waals surface area contributed by atoms with Crippen LogP contribution in [0, 0.1) is 0 Å². The number of amides is 1. The van der Waals surface area contributed by atoms with Gasteiger partial charge in [0.1, 0.15) is 6.10 Å². The van der Waals surface area contributed by atoms with Gasteiger partial charge >= 0.3 is 0 Å². The minimum atomic E-state index is -1.27. The van der Waals surface area contributed by atoms with E-state index < -0.39 is 18.1 Å². The molecular weight excluding hydrogens is 144 g/mol. The molecule has 4 heteroatoms. The van der Waals surface area contributed by atoms with Gasteiger partial charge in [0.25, 0.3) is 0 Å². The van der Waals surface area contributed by atoms with Crippen molar-refractivity contribution in [1.29, 1.82) is 0 Å². The highest BCUT2D eigenvalue weighted by atomic mass is 16.3. The summed E-state index contributed by atoms with van der Waals surface area (Å²) < 4.78 is 0. The zero-order valence-corrected chi connectivity index (χ0v) is 6.58. The largest absolute Gasteiger partial charge is 0.382 e. The Kier molecular flexibility index (Phi) is 3.78. The molecular formula is C7H14N2O2. The number of carbonyl (C=O) groups is 1. The molecule has 0 radical (unpaired) electrons. The van der Waals surface area contributed by atoms with Crippen molar-refractivity contribution in [2.75, 3.05) is 0 Å². The average Bonchev–Trinajstić information content (AvgIpc) is 1.84. The SMILES string of the molecule is C=C(C)CC(N)C(O)C(N)=O. The van der Waals surface area contributed by atoms with E-state index >= 15 is 0 Å². The lowest BCUT2D eigenvalue weighted by molar-refractivity contribution is -0.126. The van der Waals surface area contributed by atoms with E-state index in [9.17, 15) is 4.79 Å². The van der Waals surface area contributed by atoms with Crippen molar-refractivity contribution in [3.63, 3.8) is 0 Å². The summed E-state index contributed by atoms with van der Waals surface area (Å²) in [6.45, 7) is 5.37. The topological polar surface area (TPSA) is 89.3 Å². The number of carbonyl (C=O) groups excluding carboxylic acids is 1. The second-order valence-electron chi connectivity index (χ2n) is 2.67. The predicted molar refractivity (Wildman–Crippen MR) is 42.6 cm³/mol. The van der Waals surface area contributed by atoms with E-state index in [1.807, 2.05) is 0 Å². The number of primary amides is 1. The van der Waals surface area contributed by atoms with Crippen LogP contribution in [0.1, 0.15) is 13.3 Å². The van der Waals surface area contributed by atoms with Crippen LogP contribution in [0.25, 0.3) is 0 Å². The molecule has 0 rings (SSSR count). The van der Waals surface area contributed by atoms with Gasteiger partial charge in [-0.15, -0.1) is 6.58 Å². The number of aliphatic hydroxyl groups is 1. The Morgan fingerprint density at radius 3 is 2.45 bits per heavy atom.